The second kappa shape index (κ2) is 9.12. The van der Waals surface area contributed by atoms with Gasteiger partial charge in [0.25, 0.3) is 5.91 Å². The summed E-state index contributed by atoms with van der Waals surface area (Å²) in [6.07, 6.45) is 4.24. The minimum Gasteiger partial charge on any atom is -0.342 e. The van der Waals surface area contributed by atoms with E-state index in [2.05, 4.69) is 0 Å². The molecule has 1 aromatic heterocycles. The van der Waals surface area contributed by atoms with Gasteiger partial charge in [-0.25, -0.2) is 14.4 Å². The van der Waals surface area contributed by atoms with E-state index in [1.165, 1.54) is 12.1 Å². The van der Waals surface area contributed by atoms with Crippen molar-refractivity contribution in [2.24, 2.45) is 0 Å². The summed E-state index contributed by atoms with van der Waals surface area (Å²) in [4.78, 5) is 38.6. The van der Waals surface area contributed by atoms with Gasteiger partial charge in [0.15, 0.2) is 0 Å². The third-order valence-electron chi connectivity index (χ3n) is 6.37. The molecule has 0 aliphatic carbocycles. The number of amides is 2. The molecular weight excluding hydrogens is 395 g/mol. The second-order valence-corrected chi connectivity index (χ2v) is 8.60. The fraction of sp³-hybridized carbons (Fsp3) is 0.500. The average Bonchev–Trinajstić information content (AvgIpc) is 3.31. The maximum Gasteiger partial charge on any atom is 0.253 e. The summed E-state index contributed by atoms with van der Waals surface area (Å²) >= 11 is 0. The summed E-state index contributed by atoms with van der Waals surface area (Å²) in [6.45, 7) is 6.71. The third-order valence-corrected chi connectivity index (χ3v) is 6.37. The molecule has 0 unspecified atom stereocenters. The lowest BCUT2D eigenvalue weighted by molar-refractivity contribution is -0.129. The van der Waals surface area contributed by atoms with Gasteiger partial charge in [0, 0.05) is 54.6 Å². The molecule has 164 valence electrons. The highest BCUT2D eigenvalue weighted by Gasteiger charge is 2.28. The topological polar surface area (TPSA) is 66.4 Å². The summed E-state index contributed by atoms with van der Waals surface area (Å²) in [5.74, 6) is 0.333. The van der Waals surface area contributed by atoms with E-state index >= 15 is 0 Å². The van der Waals surface area contributed by atoms with Gasteiger partial charge in [-0.05, 0) is 57.7 Å². The molecular formula is C24H29FN4O2. The van der Waals surface area contributed by atoms with Crippen molar-refractivity contribution < 1.29 is 14.0 Å². The molecule has 2 aliphatic heterocycles. The van der Waals surface area contributed by atoms with E-state index in [4.69, 9.17) is 9.97 Å². The van der Waals surface area contributed by atoms with E-state index in [0.29, 0.717) is 25.1 Å². The SMILES string of the molecule is Cc1nc([C@H]2CCCN(C(=O)c3cccc(F)c3)C2)nc(C)c1CC(=O)N1CCCC1. The minimum atomic E-state index is -0.409. The highest BCUT2D eigenvalue weighted by atomic mass is 19.1. The number of aryl methyl sites for hydroxylation is 2. The number of halogens is 1. The highest BCUT2D eigenvalue weighted by Crippen LogP contribution is 2.27. The minimum absolute atomic E-state index is 0.0343. The summed E-state index contributed by atoms with van der Waals surface area (Å²) in [6, 6.07) is 5.82. The molecule has 31 heavy (non-hydrogen) atoms. The fourth-order valence-corrected chi connectivity index (χ4v) is 4.61. The largest absolute Gasteiger partial charge is 0.342 e. The molecule has 0 spiro atoms. The van der Waals surface area contributed by atoms with Crippen LogP contribution in [-0.2, 0) is 11.2 Å². The lowest BCUT2D eigenvalue weighted by Crippen LogP contribution is -2.39. The zero-order chi connectivity index (χ0) is 22.0. The Labute approximate surface area is 182 Å². The van der Waals surface area contributed by atoms with Crippen LogP contribution < -0.4 is 0 Å². The van der Waals surface area contributed by atoms with Crippen LogP contribution in [0.1, 0.15) is 64.7 Å². The Balaban J connectivity index is 1.48. The van der Waals surface area contributed by atoms with Gasteiger partial charge in [0.2, 0.25) is 5.91 Å². The first-order chi connectivity index (χ1) is 14.9. The Kier molecular flexibility index (Phi) is 6.30. The predicted molar refractivity (Wildman–Crippen MR) is 115 cm³/mol. The van der Waals surface area contributed by atoms with Gasteiger partial charge in [0.05, 0.1) is 6.42 Å². The van der Waals surface area contributed by atoms with E-state index < -0.39 is 5.82 Å². The molecule has 0 N–H and O–H groups in total. The molecule has 2 saturated heterocycles. The van der Waals surface area contributed by atoms with Gasteiger partial charge in [0.1, 0.15) is 11.6 Å². The Morgan fingerprint density at radius 2 is 1.71 bits per heavy atom. The first-order valence-corrected chi connectivity index (χ1v) is 11.1. The average molecular weight is 425 g/mol. The molecule has 6 nitrogen and oxygen atoms in total. The van der Waals surface area contributed by atoms with Crippen molar-refractivity contribution in [3.8, 4) is 0 Å². The summed E-state index contributed by atoms with van der Waals surface area (Å²) in [7, 11) is 0. The van der Waals surface area contributed by atoms with Crippen LogP contribution in [0, 0.1) is 19.7 Å². The van der Waals surface area contributed by atoms with Crippen molar-refractivity contribution in [1.29, 1.82) is 0 Å². The number of aromatic nitrogens is 2. The third kappa shape index (κ3) is 4.75. The number of likely N-dealkylation sites (tertiary alicyclic amines) is 2. The quantitative estimate of drug-likeness (QED) is 0.754. The van der Waals surface area contributed by atoms with E-state index in [-0.39, 0.29) is 17.7 Å². The Morgan fingerprint density at radius 1 is 1.03 bits per heavy atom. The monoisotopic (exact) mass is 424 g/mol. The number of benzene rings is 1. The van der Waals surface area contributed by atoms with Crippen LogP contribution >= 0.6 is 0 Å². The van der Waals surface area contributed by atoms with Crippen molar-refractivity contribution in [3.63, 3.8) is 0 Å². The van der Waals surface area contributed by atoms with Crippen LogP contribution in [0.4, 0.5) is 4.39 Å². The standard InChI is InChI=1S/C24H29FN4O2/c1-16-21(14-22(30)28-10-3-4-11-28)17(2)27-23(26-16)19-8-6-12-29(15-19)24(31)18-7-5-9-20(25)13-18/h5,7,9,13,19H,3-4,6,8,10-12,14-15H2,1-2H3/t19-/m0/s1. The van der Waals surface area contributed by atoms with E-state index in [1.54, 1.807) is 17.0 Å². The van der Waals surface area contributed by atoms with Gasteiger partial charge in [-0.3, -0.25) is 9.59 Å². The number of rotatable bonds is 4. The zero-order valence-electron chi connectivity index (χ0n) is 18.2. The maximum atomic E-state index is 13.5. The molecule has 2 aromatic rings. The molecule has 2 aliphatic rings. The van der Waals surface area contributed by atoms with Gasteiger partial charge in [-0.1, -0.05) is 6.07 Å². The fourth-order valence-electron chi connectivity index (χ4n) is 4.61. The van der Waals surface area contributed by atoms with Crippen molar-refractivity contribution >= 4 is 11.8 Å². The summed E-state index contributed by atoms with van der Waals surface area (Å²) in [5, 5.41) is 0. The van der Waals surface area contributed by atoms with Crippen molar-refractivity contribution in [3.05, 3.63) is 58.4 Å². The van der Waals surface area contributed by atoms with Crippen molar-refractivity contribution in [2.45, 2.75) is 51.9 Å². The Bertz CT molecular complexity index is 964. The Hall–Kier alpha value is -2.83. The smallest absolute Gasteiger partial charge is 0.253 e. The van der Waals surface area contributed by atoms with Crippen LogP contribution in [0.25, 0.3) is 0 Å². The molecule has 4 rings (SSSR count). The maximum absolute atomic E-state index is 13.5. The molecule has 0 radical (unpaired) electrons. The number of carbonyl (C=O) groups excluding carboxylic acids is 2. The Morgan fingerprint density at radius 3 is 2.39 bits per heavy atom. The molecule has 1 atom stereocenters. The van der Waals surface area contributed by atoms with Crippen LogP contribution in [0.3, 0.4) is 0 Å². The van der Waals surface area contributed by atoms with Gasteiger partial charge >= 0.3 is 0 Å². The lowest BCUT2D eigenvalue weighted by Gasteiger charge is -2.32. The summed E-state index contributed by atoms with van der Waals surface area (Å²) in [5.41, 5.74) is 2.95. The van der Waals surface area contributed by atoms with E-state index in [0.717, 1.165) is 61.5 Å². The van der Waals surface area contributed by atoms with Gasteiger partial charge < -0.3 is 9.80 Å². The molecule has 2 fully saturated rings. The van der Waals surface area contributed by atoms with Crippen LogP contribution in [0.15, 0.2) is 24.3 Å². The van der Waals surface area contributed by atoms with Crippen molar-refractivity contribution in [1.82, 2.24) is 19.8 Å². The zero-order valence-corrected chi connectivity index (χ0v) is 18.2. The van der Waals surface area contributed by atoms with E-state index in [9.17, 15) is 14.0 Å². The van der Waals surface area contributed by atoms with Crippen LogP contribution in [-0.4, -0.2) is 57.8 Å². The number of piperidine rings is 1. The van der Waals surface area contributed by atoms with Gasteiger partial charge in [-0.2, -0.15) is 0 Å². The van der Waals surface area contributed by atoms with Crippen molar-refractivity contribution in [2.75, 3.05) is 26.2 Å². The summed E-state index contributed by atoms with van der Waals surface area (Å²) < 4.78 is 13.5. The first kappa shape index (κ1) is 21.4. The number of hydrogen-bond donors (Lipinski definition) is 0. The molecule has 3 heterocycles. The number of carbonyl (C=O) groups is 2. The molecule has 0 saturated carbocycles. The predicted octanol–water partition coefficient (Wildman–Crippen LogP) is 3.42. The number of nitrogens with zero attached hydrogens (tertiary/aromatic N) is 4. The molecule has 7 heteroatoms. The molecule has 0 bridgehead atoms. The lowest BCUT2D eigenvalue weighted by atomic mass is 9.95. The normalized spacial score (nSPS) is 19.0. The number of hydrogen-bond acceptors (Lipinski definition) is 4. The molecule has 2 amide bonds. The second-order valence-electron chi connectivity index (χ2n) is 8.60. The van der Waals surface area contributed by atoms with Gasteiger partial charge in [-0.15, -0.1) is 0 Å². The molecule has 1 aromatic carbocycles. The highest BCUT2D eigenvalue weighted by molar-refractivity contribution is 5.94. The van der Waals surface area contributed by atoms with Crippen LogP contribution in [0.5, 0.6) is 0 Å². The van der Waals surface area contributed by atoms with Crippen LogP contribution in [0.2, 0.25) is 0 Å². The van der Waals surface area contributed by atoms with E-state index in [1.807, 2.05) is 18.7 Å². The first-order valence-electron chi connectivity index (χ1n) is 11.1.